The number of ether oxygens (including phenoxy) is 1. The number of urea groups is 1. The number of rotatable bonds is 4. The first-order valence-electron chi connectivity index (χ1n) is 9.84. The van der Waals surface area contributed by atoms with Gasteiger partial charge in [0.25, 0.3) is 5.91 Å². The van der Waals surface area contributed by atoms with Crippen molar-refractivity contribution in [2.75, 3.05) is 6.54 Å². The Morgan fingerprint density at radius 2 is 2.15 bits per heavy atom. The Balaban J connectivity index is 1.41. The SMILES string of the molecule is C[C@H]1CCCC[C@@]12NC(=O)N(CC(=O)O[C@@H]1CCC[C@H]1n1cccn1)C2=O. The Hall–Kier alpha value is -2.38. The lowest BCUT2D eigenvalue weighted by atomic mass is 9.73. The maximum atomic E-state index is 12.9. The van der Waals surface area contributed by atoms with Gasteiger partial charge in [-0.1, -0.05) is 19.8 Å². The molecular weight excluding hydrogens is 348 g/mol. The van der Waals surface area contributed by atoms with E-state index in [9.17, 15) is 14.4 Å². The fourth-order valence-electron chi connectivity index (χ4n) is 4.80. The van der Waals surface area contributed by atoms with Crippen LogP contribution in [0.5, 0.6) is 0 Å². The van der Waals surface area contributed by atoms with Crippen LogP contribution in [0.15, 0.2) is 18.5 Å². The molecule has 0 unspecified atom stereocenters. The Morgan fingerprint density at radius 1 is 1.30 bits per heavy atom. The van der Waals surface area contributed by atoms with E-state index in [0.29, 0.717) is 6.42 Å². The van der Waals surface area contributed by atoms with Crippen LogP contribution in [0.3, 0.4) is 0 Å². The molecule has 1 spiro atoms. The lowest BCUT2D eigenvalue weighted by Crippen LogP contribution is -2.54. The summed E-state index contributed by atoms with van der Waals surface area (Å²) in [5, 5.41) is 7.11. The largest absolute Gasteiger partial charge is 0.459 e. The van der Waals surface area contributed by atoms with Crippen LogP contribution in [0, 0.1) is 5.92 Å². The van der Waals surface area contributed by atoms with E-state index in [-0.39, 0.29) is 30.5 Å². The van der Waals surface area contributed by atoms with Crippen LogP contribution in [0.25, 0.3) is 0 Å². The van der Waals surface area contributed by atoms with E-state index in [1.54, 1.807) is 6.20 Å². The molecule has 2 heterocycles. The van der Waals surface area contributed by atoms with Crippen molar-refractivity contribution in [3.05, 3.63) is 18.5 Å². The van der Waals surface area contributed by atoms with Gasteiger partial charge in [-0.3, -0.25) is 19.2 Å². The van der Waals surface area contributed by atoms with Gasteiger partial charge in [0.05, 0.1) is 6.04 Å². The van der Waals surface area contributed by atoms with Gasteiger partial charge in [0.15, 0.2) is 0 Å². The lowest BCUT2D eigenvalue weighted by Gasteiger charge is -2.36. The van der Waals surface area contributed by atoms with Gasteiger partial charge in [-0.25, -0.2) is 4.79 Å². The molecule has 2 aliphatic carbocycles. The highest BCUT2D eigenvalue weighted by Crippen LogP contribution is 2.38. The van der Waals surface area contributed by atoms with Gasteiger partial charge < -0.3 is 10.1 Å². The summed E-state index contributed by atoms with van der Waals surface area (Å²) in [4.78, 5) is 38.9. The number of carbonyl (C=O) groups is 3. The Morgan fingerprint density at radius 3 is 2.89 bits per heavy atom. The minimum Gasteiger partial charge on any atom is -0.459 e. The second-order valence-electron chi connectivity index (χ2n) is 7.95. The summed E-state index contributed by atoms with van der Waals surface area (Å²) >= 11 is 0. The molecule has 1 aromatic heterocycles. The zero-order valence-corrected chi connectivity index (χ0v) is 15.6. The van der Waals surface area contributed by atoms with Crippen LogP contribution < -0.4 is 5.32 Å². The third-order valence-corrected chi connectivity index (χ3v) is 6.35. The fourth-order valence-corrected chi connectivity index (χ4v) is 4.80. The predicted molar refractivity (Wildman–Crippen MR) is 95.6 cm³/mol. The lowest BCUT2D eigenvalue weighted by molar-refractivity contribution is -0.154. The fraction of sp³-hybridized carbons (Fsp3) is 0.684. The Kier molecular flexibility index (Phi) is 4.65. The number of hydrogen-bond donors (Lipinski definition) is 1. The van der Waals surface area contributed by atoms with E-state index in [4.69, 9.17) is 4.74 Å². The molecule has 3 amide bonds. The average Bonchev–Trinajstić information content (AvgIpc) is 3.35. The first-order valence-corrected chi connectivity index (χ1v) is 9.84. The molecule has 1 N–H and O–H groups in total. The average molecular weight is 374 g/mol. The molecule has 8 nitrogen and oxygen atoms in total. The zero-order chi connectivity index (χ0) is 19.0. The predicted octanol–water partition coefficient (Wildman–Crippen LogP) is 2.02. The third kappa shape index (κ3) is 3.11. The molecule has 146 valence electrons. The highest BCUT2D eigenvalue weighted by molar-refractivity contribution is 6.08. The van der Waals surface area contributed by atoms with Crippen molar-refractivity contribution in [2.24, 2.45) is 5.92 Å². The molecular formula is C19H26N4O4. The second kappa shape index (κ2) is 6.98. The summed E-state index contributed by atoms with van der Waals surface area (Å²) in [5.41, 5.74) is -0.847. The van der Waals surface area contributed by atoms with Gasteiger partial charge in [0.1, 0.15) is 18.2 Å². The topological polar surface area (TPSA) is 93.5 Å². The summed E-state index contributed by atoms with van der Waals surface area (Å²) < 4.78 is 7.45. The van der Waals surface area contributed by atoms with Gasteiger partial charge in [0.2, 0.25) is 0 Å². The number of nitrogens with one attached hydrogen (secondary N) is 1. The van der Waals surface area contributed by atoms with Crippen molar-refractivity contribution in [2.45, 2.75) is 69.6 Å². The Bertz CT molecular complexity index is 734. The molecule has 3 fully saturated rings. The van der Waals surface area contributed by atoms with Crippen LogP contribution in [0.2, 0.25) is 0 Å². The van der Waals surface area contributed by atoms with Crippen LogP contribution in [-0.4, -0.2) is 50.8 Å². The molecule has 27 heavy (non-hydrogen) atoms. The Labute approximate surface area is 158 Å². The summed E-state index contributed by atoms with van der Waals surface area (Å²) in [6.07, 6.45) is 9.39. The molecule has 8 heteroatoms. The van der Waals surface area contributed by atoms with Gasteiger partial charge in [-0.15, -0.1) is 0 Å². The first-order chi connectivity index (χ1) is 13.0. The number of hydrogen-bond acceptors (Lipinski definition) is 5. The molecule has 0 aromatic carbocycles. The molecule has 0 bridgehead atoms. The minimum absolute atomic E-state index is 0.0109. The van der Waals surface area contributed by atoms with Crippen LogP contribution in [0.1, 0.15) is 57.9 Å². The van der Waals surface area contributed by atoms with E-state index < -0.39 is 17.5 Å². The van der Waals surface area contributed by atoms with Crippen molar-refractivity contribution >= 4 is 17.9 Å². The zero-order valence-electron chi connectivity index (χ0n) is 15.6. The van der Waals surface area contributed by atoms with Gasteiger partial charge in [-0.2, -0.15) is 5.10 Å². The van der Waals surface area contributed by atoms with E-state index in [0.717, 1.165) is 43.4 Å². The molecule has 1 aromatic rings. The quantitative estimate of drug-likeness (QED) is 0.643. The monoisotopic (exact) mass is 374 g/mol. The number of esters is 1. The number of carbonyl (C=O) groups excluding carboxylic acids is 3. The van der Waals surface area contributed by atoms with Gasteiger partial charge in [-0.05, 0) is 44.1 Å². The summed E-state index contributed by atoms with van der Waals surface area (Å²) in [5.74, 6) is -0.752. The first kappa shape index (κ1) is 18.0. The molecule has 2 saturated carbocycles. The molecule has 0 radical (unpaired) electrons. The second-order valence-corrected chi connectivity index (χ2v) is 7.95. The number of aromatic nitrogens is 2. The maximum absolute atomic E-state index is 12.9. The van der Waals surface area contributed by atoms with E-state index in [1.807, 2.05) is 23.9 Å². The van der Waals surface area contributed by atoms with Gasteiger partial charge >= 0.3 is 12.0 Å². The molecule has 3 aliphatic rings. The number of imide groups is 1. The molecule has 4 rings (SSSR count). The van der Waals surface area contributed by atoms with Crippen LogP contribution in [-0.2, 0) is 14.3 Å². The standard InChI is InChI=1S/C19H26N4O4/c1-13-6-2-3-9-19(13)17(25)22(18(26)21-19)12-16(24)27-15-8-4-7-14(15)23-11-5-10-20-23/h5,10-11,13-15H,2-4,6-9,12H2,1H3,(H,21,26)/t13-,14+,15+,19+/m0/s1. The van der Waals surface area contributed by atoms with Crippen LogP contribution in [0.4, 0.5) is 4.79 Å². The molecule has 4 atom stereocenters. The number of amides is 3. The normalized spacial score (nSPS) is 33.5. The summed E-state index contributed by atoms with van der Waals surface area (Å²) in [6.45, 7) is 1.66. The number of nitrogens with zero attached hydrogens (tertiary/aromatic N) is 3. The third-order valence-electron chi connectivity index (χ3n) is 6.35. The smallest absolute Gasteiger partial charge is 0.326 e. The van der Waals surface area contributed by atoms with Crippen LogP contribution >= 0.6 is 0 Å². The van der Waals surface area contributed by atoms with E-state index >= 15 is 0 Å². The van der Waals surface area contributed by atoms with Crippen molar-refractivity contribution < 1.29 is 19.1 Å². The van der Waals surface area contributed by atoms with Crippen molar-refractivity contribution in [3.8, 4) is 0 Å². The van der Waals surface area contributed by atoms with Crippen molar-refractivity contribution in [1.82, 2.24) is 20.0 Å². The molecule has 1 saturated heterocycles. The van der Waals surface area contributed by atoms with Gasteiger partial charge in [0, 0.05) is 12.4 Å². The van der Waals surface area contributed by atoms with Crippen molar-refractivity contribution in [3.63, 3.8) is 0 Å². The minimum atomic E-state index is -0.847. The summed E-state index contributed by atoms with van der Waals surface area (Å²) in [7, 11) is 0. The maximum Gasteiger partial charge on any atom is 0.326 e. The van der Waals surface area contributed by atoms with E-state index in [1.165, 1.54) is 0 Å². The highest BCUT2D eigenvalue weighted by atomic mass is 16.5. The van der Waals surface area contributed by atoms with E-state index in [2.05, 4.69) is 10.4 Å². The van der Waals surface area contributed by atoms with Crippen molar-refractivity contribution in [1.29, 1.82) is 0 Å². The highest BCUT2D eigenvalue weighted by Gasteiger charge is 2.55. The molecule has 1 aliphatic heterocycles. The summed E-state index contributed by atoms with van der Waals surface area (Å²) in [6, 6.07) is 1.37.